The Bertz CT molecular complexity index is 791. The molecule has 0 heterocycles. The molecule has 0 radical (unpaired) electrons. The van der Waals surface area contributed by atoms with Crippen LogP contribution in [-0.4, -0.2) is 24.1 Å². The van der Waals surface area contributed by atoms with Crippen molar-refractivity contribution < 1.29 is 19.4 Å². The topological polar surface area (TPSA) is 55.8 Å². The third kappa shape index (κ3) is 5.88. The third-order valence-electron chi connectivity index (χ3n) is 4.22. The molecule has 4 heteroatoms. The van der Waals surface area contributed by atoms with Gasteiger partial charge in [-0.25, -0.2) is 0 Å². The van der Waals surface area contributed by atoms with Gasteiger partial charge in [0.25, 0.3) is 0 Å². The predicted octanol–water partition coefficient (Wildman–Crippen LogP) is 5.82. The second-order valence-electron chi connectivity index (χ2n) is 6.66. The summed E-state index contributed by atoms with van der Waals surface area (Å²) in [6.45, 7) is 7.48. The van der Waals surface area contributed by atoms with E-state index in [4.69, 9.17) is 9.47 Å². The van der Waals surface area contributed by atoms with Crippen molar-refractivity contribution in [2.75, 3.05) is 13.2 Å². The highest BCUT2D eigenvalue weighted by atomic mass is 16.5. The van der Waals surface area contributed by atoms with Gasteiger partial charge in [-0.1, -0.05) is 33.3 Å². The van der Waals surface area contributed by atoms with Crippen molar-refractivity contribution >= 4 is 11.9 Å². The maximum absolute atomic E-state index is 12.5. The summed E-state index contributed by atoms with van der Waals surface area (Å²) in [5, 5.41) is 9.40. The molecule has 4 nitrogen and oxygen atoms in total. The SMILES string of the molecule is CCCOc1ccc(CCC)c(OCCC)c1/C=C/C(=O)c1ccc(O)cc1. The fraction of sp³-hybridized carbons (Fsp3) is 0.375. The van der Waals surface area contributed by atoms with Crippen LogP contribution in [0.2, 0.25) is 0 Å². The summed E-state index contributed by atoms with van der Waals surface area (Å²) < 4.78 is 12.0. The summed E-state index contributed by atoms with van der Waals surface area (Å²) in [5.41, 5.74) is 2.45. The van der Waals surface area contributed by atoms with Crippen LogP contribution < -0.4 is 9.47 Å². The number of aromatic hydroxyl groups is 1. The van der Waals surface area contributed by atoms with Gasteiger partial charge in [0.1, 0.15) is 17.2 Å². The van der Waals surface area contributed by atoms with Crippen molar-refractivity contribution in [3.8, 4) is 17.2 Å². The van der Waals surface area contributed by atoms with Gasteiger partial charge in [-0.3, -0.25) is 4.79 Å². The molecular weight excluding hydrogens is 352 g/mol. The molecule has 150 valence electrons. The standard InChI is InChI=1S/C24H30O4/c1-4-7-19-10-15-23(27-16-5-2)21(24(19)28-17-6-3)13-14-22(26)18-8-11-20(25)12-9-18/h8-15,25H,4-7,16-17H2,1-3H3/b14-13+. The molecule has 0 unspecified atom stereocenters. The van der Waals surface area contributed by atoms with Gasteiger partial charge in [-0.05, 0) is 67.3 Å². The number of benzene rings is 2. The Labute approximate surface area is 167 Å². The van der Waals surface area contributed by atoms with Crippen molar-refractivity contribution in [2.45, 2.75) is 46.5 Å². The van der Waals surface area contributed by atoms with Crippen molar-refractivity contribution in [2.24, 2.45) is 0 Å². The quantitative estimate of drug-likeness (QED) is 0.393. The minimum Gasteiger partial charge on any atom is -0.508 e. The van der Waals surface area contributed by atoms with Crippen molar-refractivity contribution in [3.63, 3.8) is 0 Å². The Hall–Kier alpha value is -2.75. The molecular formula is C24H30O4. The highest BCUT2D eigenvalue weighted by Crippen LogP contribution is 2.35. The van der Waals surface area contributed by atoms with Crippen LogP contribution in [0.15, 0.2) is 42.5 Å². The Kier molecular flexibility index (Phi) is 8.60. The molecule has 0 aliphatic heterocycles. The van der Waals surface area contributed by atoms with E-state index in [2.05, 4.69) is 26.8 Å². The second kappa shape index (κ2) is 11.2. The van der Waals surface area contributed by atoms with Gasteiger partial charge in [0, 0.05) is 5.56 Å². The number of hydrogen-bond donors (Lipinski definition) is 1. The summed E-state index contributed by atoms with van der Waals surface area (Å²) in [5.74, 6) is 1.52. The first kappa shape index (κ1) is 21.5. The molecule has 2 aromatic rings. The van der Waals surface area contributed by atoms with Crippen molar-refractivity contribution in [1.29, 1.82) is 0 Å². The van der Waals surface area contributed by atoms with E-state index < -0.39 is 0 Å². The van der Waals surface area contributed by atoms with Crippen LogP contribution in [0.5, 0.6) is 17.2 Å². The van der Waals surface area contributed by atoms with Crippen molar-refractivity contribution in [1.82, 2.24) is 0 Å². The van der Waals surface area contributed by atoms with E-state index in [0.29, 0.717) is 18.8 Å². The summed E-state index contributed by atoms with van der Waals surface area (Å²) >= 11 is 0. The molecule has 0 aliphatic rings. The zero-order valence-corrected chi connectivity index (χ0v) is 17.0. The van der Waals surface area contributed by atoms with Gasteiger partial charge in [0.15, 0.2) is 5.78 Å². The first-order valence-electron chi connectivity index (χ1n) is 10.0. The van der Waals surface area contributed by atoms with Crippen LogP contribution >= 0.6 is 0 Å². The van der Waals surface area contributed by atoms with Crippen molar-refractivity contribution in [3.05, 3.63) is 59.2 Å². The number of aryl methyl sites for hydroxylation is 1. The van der Waals surface area contributed by atoms with Crippen LogP contribution in [-0.2, 0) is 6.42 Å². The second-order valence-corrected chi connectivity index (χ2v) is 6.66. The molecule has 0 bridgehead atoms. The van der Waals surface area contributed by atoms with Crippen LogP contribution in [0.25, 0.3) is 6.08 Å². The highest BCUT2D eigenvalue weighted by Gasteiger charge is 2.14. The number of carbonyl (C=O) groups is 1. The van der Waals surface area contributed by atoms with Crippen LogP contribution in [0.4, 0.5) is 0 Å². The summed E-state index contributed by atoms with van der Waals surface area (Å²) in [6.07, 6.45) is 7.03. The summed E-state index contributed by atoms with van der Waals surface area (Å²) in [7, 11) is 0. The maximum Gasteiger partial charge on any atom is 0.185 e. The van der Waals surface area contributed by atoms with Crippen LogP contribution in [0.1, 0.15) is 61.5 Å². The number of rotatable bonds is 11. The lowest BCUT2D eigenvalue weighted by molar-refractivity contribution is 0.104. The number of ketones is 1. The molecule has 0 aliphatic carbocycles. The normalized spacial score (nSPS) is 11.0. The number of phenols is 1. The lowest BCUT2D eigenvalue weighted by Crippen LogP contribution is -2.05. The van der Waals surface area contributed by atoms with Gasteiger partial charge >= 0.3 is 0 Å². The molecule has 1 N–H and O–H groups in total. The molecule has 0 atom stereocenters. The van der Waals surface area contributed by atoms with E-state index in [1.165, 1.54) is 18.2 Å². The Balaban J connectivity index is 2.42. The van der Waals surface area contributed by atoms with E-state index in [0.717, 1.165) is 48.3 Å². The number of carbonyl (C=O) groups excluding carboxylic acids is 1. The molecule has 0 saturated carbocycles. The highest BCUT2D eigenvalue weighted by molar-refractivity contribution is 6.07. The molecule has 0 aromatic heterocycles. The predicted molar refractivity (Wildman–Crippen MR) is 113 cm³/mol. The van der Waals surface area contributed by atoms with E-state index in [1.54, 1.807) is 18.2 Å². The number of hydrogen-bond acceptors (Lipinski definition) is 4. The lowest BCUT2D eigenvalue weighted by Gasteiger charge is -2.17. The molecule has 0 spiro atoms. The Morgan fingerprint density at radius 2 is 1.61 bits per heavy atom. The lowest BCUT2D eigenvalue weighted by atomic mass is 10.0. The fourth-order valence-corrected chi connectivity index (χ4v) is 2.84. The monoisotopic (exact) mass is 382 g/mol. The number of ether oxygens (including phenoxy) is 2. The van der Waals surface area contributed by atoms with E-state index in [9.17, 15) is 9.90 Å². The first-order valence-corrected chi connectivity index (χ1v) is 10.0. The zero-order chi connectivity index (χ0) is 20.4. The molecule has 2 rings (SSSR count). The molecule has 2 aromatic carbocycles. The number of allylic oxidation sites excluding steroid dienone is 1. The minimum absolute atomic E-state index is 0.135. The van der Waals surface area contributed by atoms with Gasteiger partial charge in [-0.15, -0.1) is 0 Å². The number of phenolic OH excluding ortho intramolecular Hbond substituents is 1. The third-order valence-corrected chi connectivity index (χ3v) is 4.22. The Morgan fingerprint density at radius 1 is 0.929 bits per heavy atom. The summed E-state index contributed by atoms with van der Waals surface area (Å²) in [6, 6.07) is 10.3. The molecule has 0 fully saturated rings. The van der Waals surface area contributed by atoms with Gasteiger partial charge in [0.2, 0.25) is 0 Å². The molecule has 0 saturated heterocycles. The van der Waals surface area contributed by atoms with E-state index in [-0.39, 0.29) is 11.5 Å². The van der Waals surface area contributed by atoms with E-state index >= 15 is 0 Å². The largest absolute Gasteiger partial charge is 0.508 e. The fourth-order valence-electron chi connectivity index (χ4n) is 2.84. The average Bonchev–Trinajstić information content (AvgIpc) is 2.70. The minimum atomic E-state index is -0.135. The Morgan fingerprint density at radius 3 is 2.25 bits per heavy atom. The molecule has 0 amide bonds. The summed E-state index contributed by atoms with van der Waals surface area (Å²) in [4.78, 5) is 12.5. The van der Waals surface area contributed by atoms with Gasteiger partial charge in [0.05, 0.1) is 18.8 Å². The van der Waals surface area contributed by atoms with Crippen LogP contribution in [0, 0.1) is 0 Å². The smallest absolute Gasteiger partial charge is 0.185 e. The van der Waals surface area contributed by atoms with Gasteiger partial charge < -0.3 is 14.6 Å². The maximum atomic E-state index is 12.5. The first-order chi connectivity index (χ1) is 13.6. The van der Waals surface area contributed by atoms with Crippen LogP contribution in [0.3, 0.4) is 0 Å². The van der Waals surface area contributed by atoms with Gasteiger partial charge in [-0.2, -0.15) is 0 Å². The van der Waals surface area contributed by atoms with E-state index in [1.807, 2.05) is 6.07 Å². The average molecular weight is 383 g/mol. The zero-order valence-electron chi connectivity index (χ0n) is 17.0. The molecule has 28 heavy (non-hydrogen) atoms.